The Morgan fingerprint density at radius 3 is 2.55 bits per heavy atom. The number of amides is 1. The number of aromatic nitrogens is 2. The Balaban J connectivity index is 2.09. The lowest BCUT2D eigenvalue weighted by atomic mass is 10.3. The summed E-state index contributed by atoms with van der Waals surface area (Å²) in [7, 11) is 1.59. The lowest BCUT2D eigenvalue weighted by Crippen LogP contribution is -2.17. The van der Waals surface area contributed by atoms with Crippen LogP contribution in [0.2, 0.25) is 0 Å². The fourth-order valence-electron chi connectivity index (χ4n) is 1.64. The molecule has 0 atom stereocenters. The van der Waals surface area contributed by atoms with Crippen molar-refractivity contribution in [2.45, 2.75) is 6.61 Å². The number of rotatable bonds is 4. The number of nitrogen functional groups attached to an aromatic ring is 1. The summed E-state index contributed by atoms with van der Waals surface area (Å²) < 4.78 is 29.5. The second kappa shape index (κ2) is 5.55. The predicted molar refractivity (Wildman–Crippen MR) is 68.6 cm³/mol. The third-order valence-electron chi connectivity index (χ3n) is 2.52. The van der Waals surface area contributed by atoms with Crippen LogP contribution in [0.5, 0.6) is 5.75 Å². The van der Waals surface area contributed by atoms with E-state index < -0.39 is 12.5 Å². The fourth-order valence-corrected chi connectivity index (χ4v) is 1.64. The predicted octanol–water partition coefficient (Wildman–Crippen LogP) is 1.86. The zero-order valence-electron chi connectivity index (χ0n) is 10.5. The highest BCUT2D eigenvalue weighted by Crippen LogP contribution is 2.19. The summed E-state index contributed by atoms with van der Waals surface area (Å²) in [6, 6.07) is 5.55. The maximum absolute atomic E-state index is 12.0. The Hall–Kier alpha value is -2.64. The van der Waals surface area contributed by atoms with Gasteiger partial charge in [-0.1, -0.05) is 0 Å². The Morgan fingerprint density at radius 1 is 1.40 bits per heavy atom. The number of hydrogen-bond acceptors (Lipinski definition) is 4. The van der Waals surface area contributed by atoms with Crippen LogP contribution in [0.4, 0.5) is 20.2 Å². The number of alkyl halides is 2. The number of anilines is 2. The van der Waals surface area contributed by atoms with Crippen LogP contribution >= 0.6 is 0 Å². The summed E-state index contributed by atoms with van der Waals surface area (Å²) in [6.07, 6.45) is 1.37. The SMILES string of the molecule is Cn1ncc(N)c1C(=O)Nc1ccc(OC(F)F)cc1. The van der Waals surface area contributed by atoms with Crippen LogP contribution in [0.3, 0.4) is 0 Å². The smallest absolute Gasteiger partial charge is 0.387 e. The molecule has 2 aromatic rings. The maximum Gasteiger partial charge on any atom is 0.387 e. The highest BCUT2D eigenvalue weighted by molar-refractivity contribution is 6.06. The van der Waals surface area contributed by atoms with Gasteiger partial charge in [-0.05, 0) is 24.3 Å². The lowest BCUT2D eigenvalue weighted by Gasteiger charge is -2.08. The summed E-state index contributed by atoms with van der Waals surface area (Å²) in [5.41, 5.74) is 6.53. The van der Waals surface area contributed by atoms with E-state index in [2.05, 4.69) is 15.2 Å². The van der Waals surface area contributed by atoms with Gasteiger partial charge in [-0.3, -0.25) is 9.48 Å². The van der Waals surface area contributed by atoms with E-state index in [0.717, 1.165) is 0 Å². The number of carbonyl (C=O) groups is 1. The number of nitrogens with zero attached hydrogens (tertiary/aromatic N) is 2. The Labute approximate surface area is 113 Å². The average molecular weight is 282 g/mol. The monoisotopic (exact) mass is 282 g/mol. The van der Waals surface area contributed by atoms with Crippen molar-refractivity contribution in [1.29, 1.82) is 0 Å². The van der Waals surface area contributed by atoms with Gasteiger partial charge < -0.3 is 15.8 Å². The molecule has 0 saturated carbocycles. The second-order valence-corrected chi connectivity index (χ2v) is 3.93. The number of nitrogens with one attached hydrogen (secondary N) is 1. The number of carbonyl (C=O) groups excluding carboxylic acids is 1. The molecule has 1 heterocycles. The van der Waals surface area contributed by atoms with Crippen molar-refractivity contribution < 1.29 is 18.3 Å². The highest BCUT2D eigenvalue weighted by Gasteiger charge is 2.15. The summed E-state index contributed by atoms with van der Waals surface area (Å²) >= 11 is 0. The average Bonchev–Trinajstić information content (AvgIpc) is 2.71. The van der Waals surface area contributed by atoms with Crippen LogP contribution in [-0.2, 0) is 7.05 Å². The van der Waals surface area contributed by atoms with Crippen LogP contribution in [0, 0.1) is 0 Å². The molecule has 1 aromatic carbocycles. The van der Waals surface area contributed by atoms with E-state index in [9.17, 15) is 13.6 Å². The molecule has 0 bridgehead atoms. The van der Waals surface area contributed by atoms with Gasteiger partial charge in [0.25, 0.3) is 5.91 Å². The number of nitrogens with two attached hydrogens (primary N) is 1. The molecule has 2 rings (SSSR count). The minimum Gasteiger partial charge on any atom is -0.435 e. The summed E-state index contributed by atoms with van der Waals surface area (Å²) in [6.45, 7) is -2.88. The standard InChI is InChI=1S/C12H12F2N4O2/c1-18-10(9(15)6-16-18)11(19)17-7-2-4-8(5-3-7)20-12(13)14/h2-6,12H,15H2,1H3,(H,17,19). The fraction of sp³-hybridized carbons (Fsp3) is 0.167. The molecular weight excluding hydrogens is 270 g/mol. The van der Waals surface area contributed by atoms with E-state index in [1.807, 2.05) is 0 Å². The Kier molecular flexibility index (Phi) is 3.83. The van der Waals surface area contributed by atoms with Gasteiger partial charge in [0.15, 0.2) is 0 Å². The molecule has 6 nitrogen and oxygen atoms in total. The van der Waals surface area contributed by atoms with Crippen molar-refractivity contribution in [3.8, 4) is 5.75 Å². The lowest BCUT2D eigenvalue weighted by molar-refractivity contribution is -0.0498. The molecule has 0 fully saturated rings. The molecule has 8 heteroatoms. The molecule has 0 radical (unpaired) electrons. The zero-order chi connectivity index (χ0) is 14.7. The summed E-state index contributed by atoms with van der Waals surface area (Å²) in [4.78, 5) is 12.0. The molecule has 20 heavy (non-hydrogen) atoms. The van der Waals surface area contributed by atoms with E-state index in [-0.39, 0.29) is 17.1 Å². The molecule has 106 valence electrons. The number of ether oxygens (including phenoxy) is 1. The maximum atomic E-state index is 12.0. The summed E-state index contributed by atoms with van der Waals surface area (Å²) in [5.74, 6) is -0.428. The van der Waals surface area contributed by atoms with Gasteiger partial charge in [-0.2, -0.15) is 13.9 Å². The first-order valence-corrected chi connectivity index (χ1v) is 5.61. The third-order valence-corrected chi connectivity index (χ3v) is 2.52. The molecule has 3 N–H and O–H groups in total. The molecule has 0 aliphatic rings. The molecule has 0 aliphatic heterocycles. The van der Waals surface area contributed by atoms with E-state index >= 15 is 0 Å². The number of halogens is 2. The number of benzene rings is 1. The van der Waals surface area contributed by atoms with Crippen LogP contribution in [0.15, 0.2) is 30.5 Å². The van der Waals surface area contributed by atoms with Crippen LogP contribution in [0.1, 0.15) is 10.5 Å². The van der Waals surface area contributed by atoms with E-state index in [0.29, 0.717) is 5.69 Å². The molecule has 0 saturated heterocycles. The summed E-state index contributed by atoms with van der Waals surface area (Å²) in [5, 5.41) is 6.44. The van der Waals surface area contributed by atoms with Crippen LogP contribution < -0.4 is 15.8 Å². The minimum atomic E-state index is -2.88. The first kappa shape index (κ1) is 13.8. The van der Waals surface area contributed by atoms with Gasteiger partial charge in [-0.25, -0.2) is 0 Å². The van der Waals surface area contributed by atoms with Crippen molar-refractivity contribution in [2.75, 3.05) is 11.1 Å². The molecule has 0 aliphatic carbocycles. The third kappa shape index (κ3) is 3.02. The van der Waals surface area contributed by atoms with Gasteiger partial charge in [0.1, 0.15) is 11.4 Å². The van der Waals surface area contributed by atoms with E-state index in [1.54, 1.807) is 7.05 Å². The molecule has 0 spiro atoms. The minimum absolute atomic E-state index is 0.0121. The molecular formula is C12H12F2N4O2. The Morgan fingerprint density at radius 2 is 2.05 bits per heavy atom. The van der Waals surface area contributed by atoms with Gasteiger partial charge in [0.2, 0.25) is 0 Å². The van der Waals surface area contributed by atoms with E-state index in [4.69, 9.17) is 5.73 Å². The van der Waals surface area contributed by atoms with Crippen molar-refractivity contribution in [3.63, 3.8) is 0 Å². The van der Waals surface area contributed by atoms with E-state index in [1.165, 1.54) is 35.1 Å². The normalized spacial score (nSPS) is 10.6. The quantitative estimate of drug-likeness (QED) is 0.896. The molecule has 1 amide bonds. The largest absolute Gasteiger partial charge is 0.435 e. The highest BCUT2D eigenvalue weighted by atomic mass is 19.3. The molecule has 0 unspecified atom stereocenters. The van der Waals surface area contributed by atoms with Gasteiger partial charge in [-0.15, -0.1) is 0 Å². The first-order chi connectivity index (χ1) is 9.47. The van der Waals surface area contributed by atoms with Crippen molar-refractivity contribution >= 4 is 17.3 Å². The number of hydrogen-bond donors (Lipinski definition) is 2. The second-order valence-electron chi connectivity index (χ2n) is 3.93. The number of aryl methyl sites for hydroxylation is 1. The zero-order valence-corrected chi connectivity index (χ0v) is 10.5. The van der Waals surface area contributed by atoms with Crippen LogP contribution in [-0.4, -0.2) is 22.3 Å². The van der Waals surface area contributed by atoms with Crippen molar-refractivity contribution in [2.24, 2.45) is 7.05 Å². The molecule has 1 aromatic heterocycles. The van der Waals surface area contributed by atoms with Crippen LogP contribution in [0.25, 0.3) is 0 Å². The van der Waals surface area contributed by atoms with Crippen molar-refractivity contribution in [3.05, 3.63) is 36.2 Å². The topological polar surface area (TPSA) is 82.2 Å². The van der Waals surface area contributed by atoms with Gasteiger partial charge in [0.05, 0.1) is 11.9 Å². The Bertz CT molecular complexity index is 591. The van der Waals surface area contributed by atoms with Gasteiger partial charge in [0, 0.05) is 12.7 Å². The van der Waals surface area contributed by atoms with Crippen molar-refractivity contribution in [1.82, 2.24) is 9.78 Å². The van der Waals surface area contributed by atoms with Gasteiger partial charge >= 0.3 is 6.61 Å². The first-order valence-electron chi connectivity index (χ1n) is 5.61.